The molecule has 0 N–H and O–H groups in total. The third-order valence-electron chi connectivity index (χ3n) is 5.49. The van der Waals surface area contributed by atoms with Crippen LogP contribution in [0.5, 0.6) is 0 Å². The van der Waals surface area contributed by atoms with Crippen LogP contribution in [0.3, 0.4) is 0 Å². The lowest BCUT2D eigenvalue weighted by atomic mass is 9.97. The van der Waals surface area contributed by atoms with E-state index in [1.165, 1.54) is 22.3 Å². The van der Waals surface area contributed by atoms with Gasteiger partial charge in [-0.2, -0.15) is 0 Å². The van der Waals surface area contributed by atoms with Crippen LogP contribution in [-0.2, 0) is 0 Å². The summed E-state index contributed by atoms with van der Waals surface area (Å²) < 4.78 is 0. The fourth-order valence-electron chi connectivity index (χ4n) is 4.00. The van der Waals surface area contributed by atoms with Crippen molar-refractivity contribution in [1.82, 2.24) is 0 Å². The molecular weight excluding hydrogens is 328 g/mol. The molecule has 24 heavy (non-hydrogen) atoms. The van der Waals surface area contributed by atoms with E-state index in [-0.39, 0.29) is 0 Å². The number of fused-ring (bicyclic) bond motifs is 1. The van der Waals surface area contributed by atoms with Crippen molar-refractivity contribution in [3.63, 3.8) is 0 Å². The highest BCUT2D eigenvalue weighted by molar-refractivity contribution is 6.81. The molecule has 0 fully saturated rings. The second kappa shape index (κ2) is 5.91. The van der Waals surface area contributed by atoms with Crippen LogP contribution in [-0.4, -0.2) is 8.07 Å². The van der Waals surface area contributed by atoms with Crippen molar-refractivity contribution in [2.24, 2.45) is 0 Å². The molecule has 0 saturated carbocycles. The lowest BCUT2D eigenvalue weighted by Gasteiger charge is -2.33. The van der Waals surface area contributed by atoms with Gasteiger partial charge in [-0.05, 0) is 45.5 Å². The molecule has 2 heteroatoms. The molecule has 0 heterocycles. The van der Waals surface area contributed by atoms with Crippen molar-refractivity contribution in [2.75, 3.05) is 0 Å². The Balaban J connectivity index is 1.76. The van der Waals surface area contributed by atoms with Gasteiger partial charge in [-0.25, -0.2) is 0 Å². The maximum absolute atomic E-state index is 6.05. The summed E-state index contributed by atoms with van der Waals surface area (Å²) in [5, 5.41) is 0.785. The summed E-state index contributed by atoms with van der Waals surface area (Å²) >= 11 is 6.05. The second-order valence-corrected chi connectivity index (χ2v) is 12.6. The van der Waals surface area contributed by atoms with E-state index in [4.69, 9.17) is 11.6 Å². The fraction of sp³-hybridized carbons (Fsp3) is 0.182. The molecule has 120 valence electrons. The summed E-state index contributed by atoms with van der Waals surface area (Å²) in [6.07, 6.45) is 13.9. The van der Waals surface area contributed by atoms with Crippen LogP contribution in [0.15, 0.2) is 72.8 Å². The highest BCUT2D eigenvalue weighted by atomic mass is 35.5. The Morgan fingerprint density at radius 2 is 1.58 bits per heavy atom. The number of rotatable bonds is 3. The Hall–Kier alpha value is -1.83. The molecule has 4 rings (SSSR count). The monoisotopic (exact) mass is 348 g/mol. The first-order chi connectivity index (χ1) is 11.6. The van der Waals surface area contributed by atoms with E-state index < -0.39 is 8.07 Å². The van der Waals surface area contributed by atoms with Crippen molar-refractivity contribution >= 4 is 25.8 Å². The van der Waals surface area contributed by atoms with Crippen molar-refractivity contribution in [3.05, 3.63) is 89.0 Å². The van der Waals surface area contributed by atoms with Gasteiger partial charge < -0.3 is 0 Å². The predicted molar refractivity (Wildman–Crippen MR) is 108 cm³/mol. The number of halogens is 1. The normalized spacial score (nSPS) is 19.2. The van der Waals surface area contributed by atoms with Crippen LogP contribution in [0, 0.1) is 0 Å². The quantitative estimate of drug-likeness (QED) is 0.531. The van der Waals surface area contributed by atoms with Gasteiger partial charge in [-0.3, -0.25) is 0 Å². The SMILES string of the molecule is C[Si](C)(C1C=CC=C1)C1C=Cc2c(-c3ccc(Cl)cc3)cccc21. The van der Waals surface area contributed by atoms with E-state index >= 15 is 0 Å². The van der Waals surface area contributed by atoms with Crippen LogP contribution in [0.25, 0.3) is 17.2 Å². The summed E-state index contributed by atoms with van der Waals surface area (Å²) in [5.41, 5.74) is 6.62. The van der Waals surface area contributed by atoms with Gasteiger partial charge in [-0.1, -0.05) is 91.5 Å². The van der Waals surface area contributed by atoms with E-state index in [9.17, 15) is 0 Å². The van der Waals surface area contributed by atoms with Crippen LogP contribution < -0.4 is 0 Å². The van der Waals surface area contributed by atoms with Gasteiger partial charge in [0, 0.05) is 5.02 Å². The Morgan fingerprint density at radius 3 is 2.29 bits per heavy atom. The Labute approximate surface area is 150 Å². The van der Waals surface area contributed by atoms with Gasteiger partial charge in [0.2, 0.25) is 0 Å². The summed E-state index contributed by atoms with van der Waals surface area (Å²) in [4.78, 5) is 0. The maximum atomic E-state index is 6.05. The molecule has 2 aromatic rings. The van der Waals surface area contributed by atoms with Crippen molar-refractivity contribution in [2.45, 2.75) is 24.2 Å². The Kier molecular flexibility index (Phi) is 3.86. The Bertz CT molecular complexity index is 844. The van der Waals surface area contributed by atoms with E-state index in [0.29, 0.717) is 11.1 Å². The average molecular weight is 349 g/mol. The second-order valence-electron chi connectivity index (χ2n) is 7.27. The minimum atomic E-state index is -1.50. The van der Waals surface area contributed by atoms with Crippen LogP contribution in [0.4, 0.5) is 0 Å². The van der Waals surface area contributed by atoms with Gasteiger partial charge in [0.25, 0.3) is 0 Å². The maximum Gasteiger partial charge on any atom is 0.0707 e. The van der Waals surface area contributed by atoms with Crippen molar-refractivity contribution in [1.29, 1.82) is 0 Å². The van der Waals surface area contributed by atoms with Crippen molar-refractivity contribution < 1.29 is 0 Å². The van der Waals surface area contributed by atoms with Gasteiger partial charge in [0.15, 0.2) is 0 Å². The fourth-order valence-corrected chi connectivity index (χ4v) is 7.40. The van der Waals surface area contributed by atoms with Gasteiger partial charge in [0.1, 0.15) is 0 Å². The molecule has 2 aliphatic carbocycles. The average Bonchev–Trinajstić information content (AvgIpc) is 3.25. The minimum absolute atomic E-state index is 0.567. The first kappa shape index (κ1) is 15.7. The zero-order chi connectivity index (χ0) is 16.7. The van der Waals surface area contributed by atoms with Crippen LogP contribution in [0.2, 0.25) is 23.7 Å². The van der Waals surface area contributed by atoms with E-state index in [2.05, 4.69) is 79.9 Å². The largest absolute Gasteiger partial charge is 0.0843 e. The third kappa shape index (κ3) is 2.53. The molecule has 1 atom stereocenters. The predicted octanol–water partition coefficient (Wildman–Crippen LogP) is 6.86. The zero-order valence-electron chi connectivity index (χ0n) is 14.0. The molecule has 0 radical (unpaired) electrons. The zero-order valence-corrected chi connectivity index (χ0v) is 15.8. The number of allylic oxidation sites excluding steroid dienone is 5. The van der Waals surface area contributed by atoms with E-state index in [1.54, 1.807) is 0 Å². The lowest BCUT2D eigenvalue weighted by molar-refractivity contribution is 1.09. The minimum Gasteiger partial charge on any atom is -0.0843 e. The summed E-state index contributed by atoms with van der Waals surface area (Å²) in [6, 6.07) is 14.9. The molecule has 0 nitrogen and oxygen atoms in total. The first-order valence-electron chi connectivity index (χ1n) is 8.49. The standard InChI is InChI=1S/C22H21ClSi/c1-24(2,18-6-3-4-7-18)22-15-14-20-19(8-5-9-21(20)22)16-10-12-17(23)13-11-16/h3-15,18,22H,1-2H3. The topological polar surface area (TPSA) is 0 Å². The number of hydrogen-bond donors (Lipinski definition) is 0. The summed E-state index contributed by atoms with van der Waals surface area (Å²) in [7, 11) is -1.50. The first-order valence-corrected chi connectivity index (χ1v) is 12.0. The molecular formula is C22H21ClSi. The van der Waals surface area contributed by atoms with Gasteiger partial charge in [0.05, 0.1) is 8.07 Å². The Morgan fingerprint density at radius 1 is 0.875 bits per heavy atom. The van der Waals surface area contributed by atoms with E-state index in [1.807, 2.05) is 12.1 Å². The molecule has 0 amide bonds. The number of hydrogen-bond acceptors (Lipinski definition) is 0. The molecule has 0 saturated heterocycles. The lowest BCUT2D eigenvalue weighted by Crippen LogP contribution is -2.37. The van der Waals surface area contributed by atoms with Crippen LogP contribution >= 0.6 is 11.6 Å². The third-order valence-corrected chi connectivity index (χ3v) is 9.96. The molecule has 2 aliphatic rings. The highest BCUT2D eigenvalue weighted by Crippen LogP contribution is 2.46. The van der Waals surface area contributed by atoms with Crippen molar-refractivity contribution in [3.8, 4) is 11.1 Å². The summed E-state index contributed by atoms with van der Waals surface area (Å²) in [5.74, 6) is 0. The molecule has 0 aliphatic heterocycles. The molecule has 0 spiro atoms. The molecule has 0 aromatic heterocycles. The number of benzene rings is 2. The smallest absolute Gasteiger partial charge is 0.0707 e. The molecule has 1 unspecified atom stereocenters. The summed E-state index contributed by atoms with van der Waals surface area (Å²) in [6.45, 7) is 5.02. The van der Waals surface area contributed by atoms with Gasteiger partial charge in [-0.15, -0.1) is 0 Å². The molecule has 0 bridgehead atoms. The highest BCUT2D eigenvalue weighted by Gasteiger charge is 2.39. The molecule has 2 aromatic carbocycles. The van der Waals surface area contributed by atoms with Gasteiger partial charge >= 0.3 is 0 Å². The van der Waals surface area contributed by atoms with E-state index in [0.717, 1.165) is 5.02 Å². The van der Waals surface area contributed by atoms with Crippen LogP contribution in [0.1, 0.15) is 16.7 Å².